The molecule has 0 aromatic heterocycles. The maximum atomic E-state index is 6.01. The second-order valence-corrected chi connectivity index (χ2v) is 6.35. The van der Waals surface area contributed by atoms with E-state index in [0.717, 1.165) is 11.4 Å². The van der Waals surface area contributed by atoms with E-state index in [9.17, 15) is 0 Å². The van der Waals surface area contributed by atoms with Gasteiger partial charge in [-0.15, -0.1) is 0 Å². The van der Waals surface area contributed by atoms with Crippen LogP contribution in [0.1, 0.15) is 40.2 Å². The molecule has 0 amide bonds. The molecule has 0 saturated carbocycles. The van der Waals surface area contributed by atoms with E-state index in [4.69, 9.17) is 11.6 Å². The minimum absolute atomic E-state index is 0.471. The van der Waals surface area contributed by atoms with E-state index in [1.165, 1.54) is 5.56 Å². The van der Waals surface area contributed by atoms with E-state index in [1.54, 1.807) is 0 Å². The predicted octanol–water partition coefficient (Wildman–Crippen LogP) is 4.54. The number of benzene rings is 1. The molecule has 0 fully saturated rings. The number of halogens is 1. The molecule has 1 atom stereocenters. The van der Waals surface area contributed by atoms with Crippen LogP contribution in [0.25, 0.3) is 0 Å². The highest BCUT2D eigenvalue weighted by atomic mass is 35.5. The molecule has 18 heavy (non-hydrogen) atoms. The average molecular weight is 268 g/mol. The zero-order valence-electron chi connectivity index (χ0n) is 12.2. The first-order valence-corrected chi connectivity index (χ1v) is 7.28. The summed E-state index contributed by atoms with van der Waals surface area (Å²) in [6.07, 6.45) is 1.02. The fraction of sp³-hybridized carbons (Fsp3) is 0.625. The molecule has 0 aliphatic carbocycles. The maximum absolute atomic E-state index is 6.01. The zero-order chi connectivity index (χ0) is 13.7. The van der Waals surface area contributed by atoms with Gasteiger partial charge in [-0.2, -0.15) is 0 Å². The van der Waals surface area contributed by atoms with Crippen LogP contribution >= 0.6 is 11.6 Å². The Morgan fingerprint density at radius 1 is 1.06 bits per heavy atom. The Kier molecular flexibility index (Phi) is 6.17. The summed E-state index contributed by atoms with van der Waals surface area (Å²) in [6.45, 7) is 11.4. The molecular weight excluding hydrogens is 242 g/mol. The summed E-state index contributed by atoms with van der Waals surface area (Å²) >= 11 is 6.01. The molecule has 1 unspecified atom stereocenters. The molecule has 0 saturated heterocycles. The van der Waals surface area contributed by atoms with Crippen LogP contribution in [0.4, 0.5) is 0 Å². The largest absolute Gasteiger partial charge is 0.311 e. The van der Waals surface area contributed by atoms with Crippen molar-refractivity contribution in [2.24, 2.45) is 11.8 Å². The highest BCUT2D eigenvalue weighted by Gasteiger charge is 2.19. The lowest BCUT2D eigenvalue weighted by Gasteiger charge is -2.29. The molecule has 1 aromatic rings. The highest BCUT2D eigenvalue weighted by molar-refractivity contribution is 6.30. The van der Waals surface area contributed by atoms with Crippen LogP contribution in [0, 0.1) is 11.8 Å². The van der Waals surface area contributed by atoms with Crippen molar-refractivity contribution in [1.82, 2.24) is 5.32 Å². The highest BCUT2D eigenvalue weighted by Crippen LogP contribution is 2.15. The second-order valence-electron chi connectivity index (χ2n) is 5.92. The van der Waals surface area contributed by atoms with Gasteiger partial charge in [0.25, 0.3) is 0 Å². The van der Waals surface area contributed by atoms with Crippen LogP contribution in [-0.2, 0) is 6.42 Å². The summed E-state index contributed by atoms with van der Waals surface area (Å²) in [5.74, 6) is 1.32. The van der Waals surface area contributed by atoms with Crippen LogP contribution in [0.5, 0.6) is 0 Å². The molecule has 1 aromatic carbocycles. The molecule has 2 heteroatoms. The van der Waals surface area contributed by atoms with Crippen LogP contribution in [0.3, 0.4) is 0 Å². The SMILES string of the molecule is CC(Cc1cccc(Cl)c1)NC(C(C)C)C(C)C. The average Bonchev–Trinajstić information content (AvgIpc) is 2.25. The lowest BCUT2D eigenvalue weighted by atomic mass is 9.92. The van der Waals surface area contributed by atoms with Crippen molar-refractivity contribution < 1.29 is 0 Å². The fourth-order valence-corrected chi connectivity index (χ4v) is 2.77. The van der Waals surface area contributed by atoms with Crippen molar-refractivity contribution in [2.75, 3.05) is 0 Å². The van der Waals surface area contributed by atoms with Gasteiger partial charge in [-0.25, -0.2) is 0 Å². The van der Waals surface area contributed by atoms with E-state index >= 15 is 0 Å². The molecule has 102 valence electrons. The van der Waals surface area contributed by atoms with Crippen molar-refractivity contribution in [2.45, 2.75) is 53.1 Å². The van der Waals surface area contributed by atoms with E-state index in [-0.39, 0.29) is 0 Å². The van der Waals surface area contributed by atoms with Crippen molar-refractivity contribution >= 4 is 11.6 Å². The molecule has 1 nitrogen and oxygen atoms in total. The van der Waals surface area contributed by atoms with Crippen LogP contribution < -0.4 is 5.32 Å². The Bertz CT molecular complexity index is 352. The van der Waals surface area contributed by atoms with E-state index in [2.05, 4.69) is 52.1 Å². The smallest absolute Gasteiger partial charge is 0.0408 e. The molecule has 0 radical (unpaired) electrons. The molecule has 1 N–H and O–H groups in total. The van der Waals surface area contributed by atoms with Gasteiger partial charge in [0, 0.05) is 17.1 Å². The minimum Gasteiger partial charge on any atom is -0.311 e. The fourth-order valence-electron chi connectivity index (χ4n) is 2.56. The number of nitrogens with one attached hydrogen (secondary N) is 1. The van der Waals surface area contributed by atoms with E-state index in [1.807, 2.05) is 12.1 Å². The van der Waals surface area contributed by atoms with Crippen molar-refractivity contribution in [3.63, 3.8) is 0 Å². The van der Waals surface area contributed by atoms with E-state index < -0.39 is 0 Å². The monoisotopic (exact) mass is 267 g/mol. The molecule has 0 aliphatic heterocycles. The maximum Gasteiger partial charge on any atom is 0.0408 e. The Morgan fingerprint density at radius 2 is 1.67 bits per heavy atom. The minimum atomic E-state index is 0.471. The van der Waals surface area contributed by atoms with Gasteiger partial charge in [-0.1, -0.05) is 51.4 Å². The topological polar surface area (TPSA) is 12.0 Å². The Morgan fingerprint density at radius 3 is 2.17 bits per heavy atom. The quantitative estimate of drug-likeness (QED) is 0.798. The zero-order valence-corrected chi connectivity index (χ0v) is 13.0. The summed E-state index contributed by atoms with van der Waals surface area (Å²) in [6, 6.07) is 9.18. The summed E-state index contributed by atoms with van der Waals surface area (Å²) < 4.78 is 0. The van der Waals surface area contributed by atoms with Gasteiger partial charge in [0.1, 0.15) is 0 Å². The lowest BCUT2D eigenvalue weighted by Crippen LogP contribution is -2.44. The first-order valence-electron chi connectivity index (χ1n) is 6.90. The molecule has 0 heterocycles. The van der Waals surface area contributed by atoms with Gasteiger partial charge >= 0.3 is 0 Å². The third-order valence-electron chi connectivity index (χ3n) is 3.34. The van der Waals surface area contributed by atoms with Crippen LogP contribution in [0.15, 0.2) is 24.3 Å². The molecule has 0 aliphatic rings. The summed E-state index contributed by atoms with van der Waals surface area (Å²) in [5, 5.41) is 4.56. The van der Waals surface area contributed by atoms with Gasteiger partial charge in [0.15, 0.2) is 0 Å². The Balaban J connectivity index is 2.57. The molecule has 0 spiro atoms. The lowest BCUT2D eigenvalue weighted by molar-refractivity contribution is 0.288. The Hall–Kier alpha value is -0.530. The number of rotatable bonds is 6. The van der Waals surface area contributed by atoms with Crippen molar-refractivity contribution in [1.29, 1.82) is 0 Å². The standard InChI is InChI=1S/C16H26ClN/c1-11(2)16(12(3)4)18-13(5)9-14-7-6-8-15(17)10-14/h6-8,10-13,16,18H,9H2,1-5H3. The predicted molar refractivity (Wildman–Crippen MR) is 81.2 cm³/mol. The summed E-state index contributed by atoms with van der Waals surface area (Å²) in [7, 11) is 0. The van der Waals surface area contributed by atoms with Crippen LogP contribution in [-0.4, -0.2) is 12.1 Å². The van der Waals surface area contributed by atoms with Crippen LogP contribution in [0.2, 0.25) is 5.02 Å². The first-order chi connectivity index (χ1) is 8.40. The first kappa shape index (κ1) is 15.5. The van der Waals surface area contributed by atoms with Gasteiger partial charge in [-0.05, 0) is 42.9 Å². The number of hydrogen-bond donors (Lipinski definition) is 1. The third-order valence-corrected chi connectivity index (χ3v) is 3.58. The Labute approximate surface area is 117 Å². The van der Waals surface area contributed by atoms with Gasteiger partial charge < -0.3 is 5.32 Å². The molecule has 0 bridgehead atoms. The number of hydrogen-bond acceptors (Lipinski definition) is 1. The van der Waals surface area contributed by atoms with Gasteiger partial charge in [-0.3, -0.25) is 0 Å². The summed E-state index contributed by atoms with van der Waals surface area (Å²) in [5.41, 5.74) is 1.30. The van der Waals surface area contributed by atoms with Crippen molar-refractivity contribution in [3.05, 3.63) is 34.9 Å². The summed E-state index contributed by atoms with van der Waals surface area (Å²) in [4.78, 5) is 0. The third kappa shape index (κ3) is 4.99. The van der Waals surface area contributed by atoms with Crippen molar-refractivity contribution in [3.8, 4) is 0 Å². The van der Waals surface area contributed by atoms with Gasteiger partial charge in [0.05, 0.1) is 0 Å². The molecular formula is C16H26ClN. The van der Waals surface area contributed by atoms with E-state index in [0.29, 0.717) is 23.9 Å². The van der Waals surface area contributed by atoms with Gasteiger partial charge in [0.2, 0.25) is 0 Å². The molecule has 1 rings (SSSR count). The normalized spacial score (nSPS) is 13.6. The second kappa shape index (κ2) is 7.16.